The van der Waals surface area contributed by atoms with Crippen molar-refractivity contribution in [3.8, 4) is 5.75 Å². The third-order valence-electron chi connectivity index (χ3n) is 6.35. The predicted molar refractivity (Wildman–Crippen MR) is 105 cm³/mol. The van der Waals surface area contributed by atoms with Crippen molar-refractivity contribution in [3.05, 3.63) is 29.3 Å². The minimum absolute atomic E-state index is 0.199. The van der Waals surface area contributed by atoms with E-state index in [1.54, 1.807) is 0 Å². The first-order chi connectivity index (χ1) is 13.9. The third-order valence-corrected chi connectivity index (χ3v) is 6.35. The summed E-state index contributed by atoms with van der Waals surface area (Å²) in [5.41, 5.74) is 2.22. The number of hydrogen-bond acceptors (Lipinski definition) is 6. The van der Waals surface area contributed by atoms with E-state index in [2.05, 4.69) is 10.8 Å². The molecule has 0 amide bonds. The Hall–Kier alpha value is -2.12. The number of aliphatic hydroxyl groups excluding tert-OH is 2. The van der Waals surface area contributed by atoms with Crippen molar-refractivity contribution in [3.63, 3.8) is 0 Å². The maximum Gasteiger partial charge on any atom is 0.344 e. The van der Waals surface area contributed by atoms with E-state index in [9.17, 15) is 19.8 Å². The summed E-state index contributed by atoms with van der Waals surface area (Å²) in [6.45, 7) is 0.956. The van der Waals surface area contributed by atoms with Gasteiger partial charge in [0.1, 0.15) is 5.75 Å². The van der Waals surface area contributed by atoms with Gasteiger partial charge in [0.05, 0.1) is 12.2 Å². The first-order valence-corrected chi connectivity index (χ1v) is 10.4. The lowest BCUT2D eigenvalue weighted by Gasteiger charge is -2.32. The number of carboxylic acid groups (broad SMARTS) is 1. The zero-order chi connectivity index (χ0) is 21.0. The molecule has 7 heteroatoms. The molecule has 5 atom stereocenters. The molecular weight excluding hydrogens is 376 g/mol. The fraction of sp³-hybridized carbons (Fsp3) is 0.636. The Morgan fingerprint density at radius 2 is 2.03 bits per heavy atom. The van der Waals surface area contributed by atoms with Crippen molar-refractivity contribution in [1.29, 1.82) is 0 Å². The Balaban J connectivity index is 1.65. The van der Waals surface area contributed by atoms with Crippen LogP contribution in [0.15, 0.2) is 18.2 Å². The molecule has 1 fully saturated rings. The van der Waals surface area contributed by atoms with Gasteiger partial charge in [0, 0.05) is 0 Å². The highest BCUT2D eigenvalue weighted by atomic mass is 16.6. The molecule has 3 rings (SSSR count). The van der Waals surface area contributed by atoms with E-state index < -0.39 is 18.5 Å². The van der Waals surface area contributed by atoms with Gasteiger partial charge in [-0.2, -0.15) is 0 Å². The molecule has 29 heavy (non-hydrogen) atoms. The summed E-state index contributed by atoms with van der Waals surface area (Å²) < 4.78 is 10.2. The number of rotatable bonds is 9. The summed E-state index contributed by atoms with van der Waals surface area (Å²) in [4.78, 5) is 22.1. The average Bonchev–Trinajstić information content (AvgIpc) is 3.01. The second-order valence-electron chi connectivity index (χ2n) is 8.18. The van der Waals surface area contributed by atoms with Gasteiger partial charge in [0.15, 0.2) is 13.2 Å². The molecular formula is C22H30O7. The Morgan fingerprint density at radius 3 is 2.76 bits per heavy atom. The molecule has 0 saturated heterocycles. The van der Waals surface area contributed by atoms with Crippen molar-refractivity contribution in [1.82, 2.24) is 0 Å². The van der Waals surface area contributed by atoms with Crippen LogP contribution >= 0.6 is 0 Å². The van der Waals surface area contributed by atoms with Gasteiger partial charge in [-0.15, -0.1) is 0 Å². The number of carboxylic acids is 1. The van der Waals surface area contributed by atoms with Crippen molar-refractivity contribution < 1.29 is 34.4 Å². The molecule has 3 N–H and O–H groups in total. The number of carbonyl (C=O) groups is 2. The van der Waals surface area contributed by atoms with E-state index in [0.717, 1.165) is 49.7 Å². The van der Waals surface area contributed by atoms with Crippen molar-refractivity contribution in [2.45, 2.75) is 57.7 Å². The molecule has 2 aliphatic carbocycles. The summed E-state index contributed by atoms with van der Waals surface area (Å²) in [6.07, 6.45) is 4.00. The smallest absolute Gasteiger partial charge is 0.344 e. The largest absolute Gasteiger partial charge is 0.482 e. The molecule has 0 aromatic heterocycles. The number of fused-ring (bicyclic) bond motifs is 2. The number of benzene rings is 1. The van der Waals surface area contributed by atoms with Crippen LogP contribution in [0.5, 0.6) is 5.75 Å². The van der Waals surface area contributed by atoms with Gasteiger partial charge in [-0.25, -0.2) is 9.59 Å². The van der Waals surface area contributed by atoms with Crippen LogP contribution in [-0.2, 0) is 27.2 Å². The van der Waals surface area contributed by atoms with Gasteiger partial charge in [0.2, 0.25) is 0 Å². The summed E-state index contributed by atoms with van der Waals surface area (Å²) in [5, 5.41) is 29.1. The second kappa shape index (κ2) is 9.59. The fourth-order valence-electron chi connectivity index (χ4n) is 4.85. The average molecular weight is 406 g/mol. The number of ether oxygens (including phenoxy) is 2. The van der Waals surface area contributed by atoms with Crippen LogP contribution in [0.4, 0.5) is 0 Å². The Bertz CT molecular complexity index is 732. The number of carbonyl (C=O) groups excluding carboxylic acids is 1. The van der Waals surface area contributed by atoms with Crippen LogP contribution in [0.2, 0.25) is 0 Å². The molecule has 0 bridgehead atoms. The van der Waals surface area contributed by atoms with E-state index >= 15 is 0 Å². The van der Waals surface area contributed by atoms with E-state index in [-0.39, 0.29) is 24.7 Å². The first kappa shape index (κ1) is 21.6. The Labute approximate surface area is 170 Å². The molecule has 0 unspecified atom stereocenters. The monoisotopic (exact) mass is 406 g/mol. The normalized spacial score (nSPS) is 26.3. The molecule has 0 heterocycles. The zero-order valence-corrected chi connectivity index (χ0v) is 16.8. The van der Waals surface area contributed by atoms with Gasteiger partial charge in [-0.1, -0.05) is 19.1 Å². The fourth-order valence-corrected chi connectivity index (χ4v) is 4.85. The number of hydrogen-bond donors (Lipinski definition) is 3. The minimum atomic E-state index is -1.21. The molecule has 1 saturated carbocycles. The van der Waals surface area contributed by atoms with Gasteiger partial charge in [0.25, 0.3) is 0 Å². The van der Waals surface area contributed by atoms with E-state index in [1.165, 1.54) is 0 Å². The molecule has 7 nitrogen and oxygen atoms in total. The summed E-state index contributed by atoms with van der Waals surface area (Å²) in [7, 11) is 0. The highest BCUT2D eigenvalue weighted by Crippen LogP contribution is 2.48. The lowest BCUT2D eigenvalue weighted by Crippen LogP contribution is -2.28. The van der Waals surface area contributed by atoms with Crippen LogP contribution < -0.4 is 4.74 Å². The molecule has 0 spiro atoms. The number of esters is 1. The number of aliphatic hydroxyl groups is 2. The van der Waals surface area contributed by atoms with Crippen LogP contribution in [0.1, 0.15) is 43.7 Å². The highest BCUT2D eigenvalue weighted by molar-refractivity contribution is 5.76. The molecule has 1 aromatic rings. The molecule has 160 valence electrons. The van der Waals surface area contributed by atoms with Crippen LogP contribution in [0.25, 0.3) is 0 Å². The molecule has 1 aromatic carbocycles. The van der Waals surface area contributed by atoms with E-state index in [0.29, 0.717) is 17.6 Å². The Kier molecular flexibility index (Phi) is 7.14. The topological polar surface area (TPSA) is 113 Å². The summed E-state index contributed by atoms with van der Waals surface area (Å²) in [6, 6.07) is 5.76. The maximum absolute atomic E-state index is 11.6. The minimum Gasteiger partial charge on any atom is -0.482 e. The van der Waals surface area contributed by atoms with Crippen molar-refractivity contribution >= 4 is 11.9 Å². The van der Waals surface area contributed by atoms with Crippen LogP contribution in [0.3, 0.4) is 0 Å². The first-order valence-electron chi connectivity index (χ1n) is 10.4. The lowest BCUT2D eigenvalue weighted by molar-refractivity contribution is -0.156. The standard InChI is InChI=1S/C22H30O7/c1-2-15(23)6-7-16-17-8-13-4-3-5-20(18(13)9-14(17)10-19(16)24)28-12-22(27)29-11-21(25)26/h3-5,14-17,19,23-24H,2,6-12H2,1H3,(H,25,26)/t14-,15-,16+,17-,19+/m0/s1. The molecule has 0 aliphatic heterocycles. The summed E-state index contributed by atoms with van der Waals surface area (Å²) in [5.74, 6) is -0.369. The van der Waals surface area contributed by atoms with Gasteiger partial charge in [-0.3, -0.25) is 0 Å². The quantitative estimate of drug-likeness (QED) is 0.537. The molecule has 0 radical (unpaired) electrons. The molecule has 2 aliphatic rings. The maximum atomic E-state index is 11.6. The zero-order valence-electron chi connectivity index (χ0n) is 16.8. The van der Waals surface area contributed by atoms with Gasteiger partial charge < -0.3 is 24.8 Å². The highest BCUT2D eigenvalue weighted by Gasteiger charge is 2.44. The summed E-state index contributed by atoms with van der Waals surface area (Å²) >= 11 is 0. The van der Waals surface area contributed by atoms with Gasteiger partial charge in [-0.05, 0) is 73.5 Å². The van der Waals surface area contributed by atoms with Crippen LogP contribution in [0, 0.1) is 17.8 Å². The number of aliphatic carboxylic acids is 1. The Morgan fingerprint density at radius 1 is 1.24 bits per heavy atom. The SMILES string of the molecule is CC[C@H](O)CC[C@@H]1[C@H]2Cc3cccc(OCC(=O)OCC(=O)O)c3C[C@H]2C[C@H]1O. The van der Waals surface area contributed by atoms with Gasteiger partial charge >= 0.3 is 11.9 Å². The predicted octanol–water partition coefficient (Wildman–Crippen LogP) is 1.96. The van der Waals surface area contributed by atoms with E-state index in [4.69, 9.17) is 9.84 Å². The lowest BCUT2D eigenvalue weighted by atomic mass is 9.73. The second-order valence-corrected chi connectivity index (χ2v) is 8.18. The van der Waals surface area contributed by atoms with Crippen LogP contribution in [-0.4, -0.2) is 52.7 Å². The van der Waals surface area contributed by atoms with E-state index in [1.807, 2.05) is 19.1 Å². The van der Waals surface area contributed by atoms with Crippen molar-refractivity contribution in [2.24, 2.45) is 17.8 Å². The third kappa shape index (κ3) is 5.28. The van der Waals surface area contributed by atoms with Crippen molar-refractivity contribution in [2.75, 3.05) is 13.2 Å².